The van der Waals surface area contributed by atoms with Gasteiger partial charge in [0.05, 0.1) is 0 Å². The molecule has 5 heteroatoms. The Morgan fingerprint density at radius 2 is 2.11 bits per heavy atom. The fourth-order valence-corrected chi connectivity index (χ4v) is 1.53. The van der Waals surface area contributed by atoms with Gasteiger partial charge in [0.25, 0.3) is 5.91 Å². The molecular formula is C13H11BrN2O2. The van der Waals surface area contributed by atoms with Gasteiger partial charge in [0.1, 0.15) is 5.69 Å². The second-order valence-electron chi connectivity index (χ2n) is 3.64. The number of carbonyl (C=O) groups excluding carboxylic acids is 1. The van der Waals surface area contributed by atoms with E-state index in [4.69, 9.17) is 4.52 Å². The maximum Gasteiger partial charge on any atom is 0.290 e. The van der Waals surface area contributed by atoms with Crippen molar-refractivity contribution >= 4 is 21.8 Å². The molecule has 0 radical (unpaired) electrons. The Kier molecular flexibility index (Phi) is 3.94. The van der Waals surface area contributed by atoms with Crippen molar-refractivity contribution in [3.8, 4) is 11.3 Å². The minimum atomic E-state index is -0.315. The molecule has 1 aromatic heterocycles. The normalized spacial score (nSPS) is 10.1. The van der Waals surface area contributed by atoms with Crippen LogP contribution in [0.5, 0.6) is 0 Å². The average Bonchev–Trinajstić information content (AvgIpc) is 2.86. The first-order chi connectivity index (χ1) is 8.66. The summed E-state index contributed by atoms with van der Waals surface area (Å²) in [5.74, 6) is -0.132. The van der Waals surface area contributed by atoms with E-state index in [1.165, 1.54) is 0 Å². The maximum absolute atomic E-state index is 11.7. The first kappa shape index (κ1) is 12.6. The highest BCUT2D eigenvalue weighted by molar-refractivity contribution is 9.11. The minimum absolute atomic E-state index is 0.183. The number of aromatic nitrogens is 1. The van der Waals surface area contributed by atoms with Gasteiger partial charge >= 0.3 is 0 Å². The largest absolute Gasteiger partial charge is 0.350 e. The molecule has 0 aliphatic heterocycles. The number of amides is 1. The molecule has 1 heterocycles. The number of nitrogens with zero attached hydrogens (tertiary/aromatic N) is 1. The predicted molar refractivity (Wildman–Crippen MR) is 72.3 cm³/mol. The van der Waals surface area contributed by atoms with Gasteiger partial charge in [-0.05, 0) is 0 Å². The van der Waals surface area contributed by atoms with E-state index in [2.05, 4.69) is 33.0 Å². The molecule has 18 heavy (non-hydrogen) atoms. The van der Waals surface area contributed by atoms with Crippen molar-refractivity contribution < 1.29 is 9.32 Å². The second kappa shape index (κ2) is 5.64. The number of hydrogen-bond acceptors (Lipinski definition) is 3. The molecule has 0 saturated carbocycles. The van der Waals surface area contributed by atoms with E-state index >= 15 is 0 Å². The molecule has 4 nitrogen and oxygen atoms in total. The van der Waals surface area contributed by atoms with Crippen LogP contribution in [0.25, 0.3) is 11.3 Å². The number of rotatable bonds is 4. The van der Waals surface area contributed by atoms with Crippen molar-refractivity contribution in [3.05, 3.63) is 53.2 Å². The van der Waals surface area contributed by atoms with Gasteiger partial charge in [-0.3, -0.25) is 4.79 Å². The van der Waals surface area contributed by atoms with Crippen molar-refractivity contribution in [2.75, 3.05) is 6.54 Å². The Morgan fingerprint density at radius 1 is 1.39 bits per heavy atom. The predicted octanol–water partition coefficient (Wildman–Crippen LogP) is 2.98. The first-order valence-corrected chi connectivity index (χ1v) is 6.10. The van der Waals surface area contributed by atoms with Crippen LogP contribution in [-0.4, -0.2) is 17.6 Å². The Labute approximate surface area is 113 Å². The Bertz CT molecular complexity index is 563. The van der Waals surface area contributed by atoms with Gasteiger partial charge in [-0.1, -0.05) is 58.0 Å². The molecule has 0 saturated heterocycles. The molecular weight excluding hydrogens is 296 g/mol. The van der Waals surface area contributed by atoms with Gasteiger partial charge in [-0.15, -0.1) is 0 Å². The van der Waals surface area contributed by atoms with E-state index in [9.17, 15) is 4.79 Å². The van der Waals surface area contributed by atoms with Gasteiger partial charge in [0.2, 0.25) is 5.76 Å². The van der Waals surface area contributed by atoms with Crippen molar-refractivity contribution in [2.24, 2.45) is 0 Å². The summed E-state index contributed by atoms with van der Waals surface area (Å²) in [4.78, 5) is 11.7. The monoisotopic (exact) mass is 306 g/mol. The summed E-state index contributed by atoms with van der Waals surface area (Å²) in [6.45, 7) is 3.98. The van der Waals surface area contributed by atoms with Crippen molar-refractivity contribution in [1.29, 1.82) is 0 Å². The van der Waals surface area contributed by atoms with Crippen molar-refractivity contribution in [3.63, 3.8) is 0 Å². The van der Waals surface area contributed by atoms with Gasteiger partial charge < -0.3 is 9.84 Å². The molecule has 2 aromatic rings. The first-order valence-electron chi connectivity index (χ1n) is 5.30. The number of halogens is 1. The molecule has 0 aliphatic carbocycles. The molecule has 92 valence electrons. The van der Waals surface area contributed by atoms with Crippen LogP contribution in [0.2, 0.25) is 0 Å². The van der Waals surface area contributed by atoms with E-state index in [0.717, 1.165) is 5.56 Å². The van der Waals surface area contributed by atoms with Crippen LogP contribution in [0.15, 0.2) is 52.0 Å². The topological polar surface area (TPSA) is 55.1 Å². The van der Waals surface area contributed by atoms with Crippen LogP contribution in [0.1, 0.15) is 10.6 Å². The zero-order chi connectivity index (χ0) is 13.0. The molecule has 0 aliphatic rings. The van der Waals surface area contributed by atoms with Crippen molar-refractivity contribution in [1.82, 2.24) is 10.5 Å². The van der Waals surface area contributed by atoms with E-state index in [0.29, 0.717) is 16.7 Å². The summed E-state index contributed by atoms with van der Waals surface area (Å²) in [5.41, 5.74) is 1.55. The SMILES string of the molecule is C=C(Br)CNC(=O)c1cc(-c2ccccc2)no1. The minimum Gasteiger partial charge on any atom is -0.350 e. The van der Waals surface area contributed by atoms with E-state index in [1.54, 1.807) is 6.07 Å². The molecule has 0 unspecified atom stereocenters. The molecule has 0 bridgehead atoms. The van der Waals surface area contributed by atoms with E-state index < -0.39 is 0 Å². The molecule has 0 spiro atoms. The zero-order valence-electron chi connectivity index (χ0n) is 9.52. The van der Waals surface area contributed by atoms with Gasteiger partial charge in [-0.2, -0.15) is 0 Å². The Balaban J connectivity index is 2.11. The van der Waals surface area contributed by atoms with Crippen LogP contribution in [0, 0.1) is 0 Å². The standard InChI is InChI=1S/C13H11BrN2O2/c1-9(14)8-15-13(17)12-7-11(16-18-12)10-5-3-2-4-6-10/h2-7H,1,8H2,(H,15,17). The lowest BCUT2D eigenvalue weighted by atomic mass is 10.1. The van der Waals surface area contributed by atoms with Crippen LogP contribution < -0.4 is 5.32 Å². The third-order valence-corrected chi connectivity index (χ3v) is 2.52. The summed E-state index contributed by atoms with van der Waals surface area (Å²) in [5, 5.41) is 6.51. The van der Waals surface area contributed by atoms with Crippen LogP contribution >= 0.6 is 15.9 Å². The Hall–Kier alpha value is -1.88. The second-order valence-corrected chi connectivity index (χ2v) is 4.76. The van der Waals surface area contributed by atoms with Gasteiger partial charge in [-0.25, -0.2) is 0 Å². The lowest BCUT2D eigenvalue weighted by molar-refractivity contribution is 0.0921. The molecule has 1 N–H and O–H groups in total. The van der Waals surface area contributed by atoms with Crippen LogP contribution in [0.4, 0.5) is 0 Å². The fraction of sp³-hybridized carbons (Fsp3) is 0.0769. The smallest absolute Gasteiger partial charge is 0.290 e. The molecule has 1 aromatic carbocycles. The summed E-state index contributed by atoms with van der Waals surface area (Å²) >= 11 is 3.16. The van der Waals surface area contributed by atoms with E-state index in [-0.39, 0.29) is 11.7 Å². The molecule has 0 atom stereocenters. The van der Waals surface area contributed by atoms with Crippen molar-refractivity contribution in [2.45, 2.75) is 0 Å². The number of nitrogens with one attached hydrogen (secondary N) is 1. The fourth-order valence-electron chi connectivity index (χ4n) is 1.39. The maximum atomic E-state index is 11.7. The Morgan fingerprint density at radius 3 is 2.78 bits per heavy atom. The summed E-state index contributed by atoms with van der Waals surface area (Å²) in [6.07, 6.45) is 0. The van der Waals surface area contributed by atoms with Crippen LogP contribution in [-0.2, 0) is 0 Å². The third-order valence-electron chi connectivity index (χ3n) is 2.24. The number of carbonyl (C=O) groups is 1. The zero-order valence-corrected chi connectivity index (χ0v) is 11.1. The van der Waals surface area contributed by atoms with Gasteiger partial charge in [0.15, 0.2) is 0 Å². The third kappa shape index (κ3) is 3.07. The van der Waals surface area contributed by atoms with Gasteiger partial charge in [0, 0.05) is 22.7 Å². The summed E-state index contributed by atoms with van der Waals surface area (Å²) < 4.78 is 5.70. The number of hydrogen-bond donors (Lipinski definition) is 1. The van der Waals surface area contributed by atoms with Crippen LogP contribution in [0.3, 0.4) is 0 Å². The number of benzene rings is 1. The molecule has 1 amide bonds. The highest BCUT2D eigenvalue weighted by Crippen LogP contribution is 2.18. The molecule has 2 rings (SSSR count). The lowest BCUT2D eigenvalue weighted by Crippen LogP contribution is -2.23. The highest BCUT2D eigenvalue weighted by atomic mass is 79.9. The van der Waals surface area contributed by atoms with E-state index in [1.807, 2.05) is 30.3 Å². The summed E-state index contributed by atoms with van der Waals surface area (Å²) in [6, 6.07) is 11.1. The molecule has 0 fully saturated rings. The highest BCUT2D eigenvalue weighted by Gasteiger charge is 2.13. The summed E-state index contributed by atoms with van der Waals surface area (Å²) in [7, 11) is 0. The average molecular weight is 307 g/mol. The lowest BCUT2D eigenvalue weighted by Gasteiger charge is -1.98. The quantitative estimate of drug-likeness (QED) is 0.945.